The Labute approximate surface area is 143 Å². The lowest BCUT2D eigenvalue weighted by molar-refractivity contribution is -0.127. The van der Waals surface area contributed by atoms with Gasteiger partial charge in [-0.05, 0) is 47.4 Å². The van der Waals surface area contributed by atoms with Crippen molar-refractivity contribution in [2.24, 2.45) is 0 Å². The number of aryl methyl sites for hydroxylation is 2. The summed E-state index contributed by atoms with van der Waals surface area (Å²) in [4.78, 5) is 15.0. The van der Waals surface area contributed by atoms with E-state index in [0.717, 1.165) is 23.3 Å². The summed E-state index contributed by atoms with van der Waals surface area (Å²) in [5.74, 6) is 0.503. The third-order valence-corrected chi connectivity index (χ3v) is 6.26. The smallest absolute Gasteiger partial charge is 0.235 e. The Morgan fingerprint density at radius 2 is 2.09 bits per heavy atom. The van der Waals surface area contributed by atoms with Crippen molar-refractivity contribution in [1.29, 1.82) is 0 Å². The number of hydrogen-bond donors (Lipinski definition) is 0. The average molecular weight is 348 g/mol. The molecule has 0 fully saturated rings. The molecule has 1 heterocycles. The molecular formula is C18H21NO2S2. The van der Waals surface area contributed by atoms with Gasteiger partial charge in [0, 0.05) is 28.5 Å². The molecule has 0 N–H and O–H groups in total. The molecule has 0 saturated carbocycles. The third-order valence-electron chi connectivity index (χ3n) is 4.17. The van der Waals surface area contributed by atoms with Crippen molar-refractivity contribution in [3.05, 3.63) is 57.3 Å². The van der Waals surface area contributed by atoms with Crippen LogP contribution < -0.4 is 0 Å². The molecule has 1 aliphatic carbocycles. The molecule has 1 amide bonds. The highest BCUT2D eigenvalue weighted by Gasteiger charge is 2.16. The van der Waals surface area contributed by atoms with Crippen LogP contribution in [0.4, 0.5) is 0 Å². The first-order valence-electron chi connectivity index (χ1n) is 7.84. The molecule has 23 heavy (non-hydrogen) atoms. The standard InChI is InChI=1S/C18H21NO2S2/c1-19(11-17-6-3-9-22-17)18(20)13-23(21)12-14-7-8-15-4-2-5-16(15)10-14/h3,6-10H,2,4-5,11-13H2,1H3. The number of nitrogens with zero attached hydrogens (tertiary/aromatic N) is 1. The largest absolute Gasteiger partial charge is 0.340 e. The Morgan fingerprint density at radius 3 is 2.87 bits per heavy atom. The zero-order valence-electron chi connectivity index (χ0n) is 13.3. The topological polar surface area (TPSA) is 37.4 Å². The van der Waals surface area contributed by atoms with Gasteiger partial charge >= 0.3 is 0 Å². The van der Waals surface area contributed by atoms with Crippen LogP contribution in [0.1, 0.15) is 28.0 Å². The number of fused-ring (bicyclic) bond motifs is 1. The molecule has 0 saturated heterocycles. The van der Waals surface area contributed by atoms with Crippen LogP contribution in [0.2, 0.25) is 0 Å². The lowest BCUT2D eigenvalue weighted by Crippen LogP contribution is -2.30. The fraction of sp³-hybridized carbons (Fsp3) is 0.389. The second kappa shape index (κ2) is 7.41. The summed E-state index contributed by atoms with van der Waals surface area (Å²) in [6.07, 6.45) is 3.50. The van der Waals surface area contributed by atoms with E-state index in [1.165, 1.54) is 17.5 Å². The minimum Gasteiger partial charge on any atom is -0.340 e. The Balaban J connectivity index is 1.53. The Hall–Kier alpha value is -1.46. The molecule has 2 aromatic rings. The van der Waals surface area contributed by atoms with Crippen molar-refractivity contribution >= 4 is 28.0 Å². The third kappa shape index (κ3) is 4.30. The zero-order valence-corrected chi connectivity index (χ0v) is 14.9. The van der Waals surface area contributed by atoms with E-state index >= 15 is 0 Å². The summed E-state index contributed by atoms with van der Waals surface area (Å²) in [5, 5.41) is 2.00. The number of benzene rings is 1. The van der Waals surface area contributed by atoms with Gasteiger partial charge < -0.3 is 4.90 Å². The fourth-order valence-corrected chi connectivity index (χ4v) is 4.83. The highest BCUT2D eigenvalue weighted by atomic mass is 32.2. The Bertz CT molecular complexity index is 710. The van der Waals surface area contributed by atoms with Gasteiger partial charge in [-0.15, -0.1) is 11.3 Å². The number of hydrogen-bond acceptors (Lipinski definition) is 3. The predicted octanol–water partition coefficient (Wildman–Crippen LogP) is 3.14. The van der Waals surface area contributed by atoms with Crippen LogP contribution in [0.3, 0.4) is 0 Å². The van der Waals surface area contributed by atoms with Gasteiger partial charge in [-0.2, -0.15) is 0 Å². The molecule has 0 bridgehead atoms. The molecular weight excluding hydrogens is 326 g/mol. The van der Waals surface area contributed by atoms with Crippen LogP contribution in [0, 0.1) is 0 Å². The van der Waals surface area contributed by atoms with Crippen molar-refractivity contribution in [2.45, 2.75) is 31.6 Å². The Kier molecular flexibility index (Phi) is 5.28. The van der Waals surface area contributed by atoms with E-state index in [4.69, 9.17) is 0 Å². The molecule has 1 atom stereocenters. The lowest BCUT2D eigenvalue weighted by Gasteiger charge is -2.16. The summed E-state index contributed by atoms with van der Waals surface area (Å²) < 4.78 is 12.3. The highest BCUT2D eigenvalue weighted by Crippen LogP contribution is 2.23. The van der Waals surface area contributed by atoms with Crippen LogP contribution >= 0.6 is 11.3 Å². The van der Waals surface area contributed by atoms with Crippen molar-refractivity contribution in [3.8, 4) is 0 Å². The van der Waals surface area contributed by atoms with E-state index in [9.17, 15) is 9.00 Å². The van der Waals surface area contributed by atoms with Crippen LogP contribution in [-0.4, -0.2) is 27.8 Å². The summed E-state index contributed by atoms with van der Waals surface area (Å²) in [5.41, 5.74) is 3.89. The summed E-state index contributed by atoms with van der Waals surface area (Å²) >= 11 is 1.63. The van der Waals surface area contributed by atoms with Gasteiger partial charge in [0.05, 0.1) is 6.54 Å². The number of thiophene rings is 1. The maximum absolute atomic E-state index is 12.3. The van der Waals surface area contributed by atoms with E-state index in [0.29, 0.717) is 12.3 Å². The van der Waals surface area contributed by atoms with Crippen molar-refractivity contribution in [1.82, 2.24) is 4.90 Å². The fourth-order valence-electron chi connectivity index (χ4n) is 2.92. The molecule has 1 aliphatic rings. The first-order chi connectivity index (χ1) is 11.1. The number of carbonyl (C=O) groups is 1. The van der Waals surface area contributed by atoms with Crippen molar-refractivity contribution in [2.75, 3.05) is 12.8 Å². The van der Waals surface area contributed by atoms with Gasteiger partial charge in [0.15, 0.2) is 0 Å². The van der Waals surface area contributed by atoms with Crippen molar-refractivity contribution in [3.63, 3.8) is 0 Å². The van der Waals surface area contributed by atoms with E-state index < -0.39 is 10.8 Å². The summed E-state index contributed by atoms with van der Waals surface area (Å²) in [6, 6.07) is 10.4. The van der Waals surface area contributed by atoms with Gasteiger partial charge in [-0.3, -0.25) is 9.00 Å². The maximum Gasteiger partial charge on any atom is 0.235 e. The first kappa shape index (κ1) is 16.4. The maximum atomic E-state index is 12.3. The van der Waals surface area contributed by atoms with Crippen LogP contribution in [0.15, 0.2) is 35.7 Å². The SMILES string of the molecule is CN(Cc1cccs1)C(=O)CS(=O)Cc1ccc2c(c1)CCC2. The van der Waals surface area contributed by atoms with E-state index in [1.807, 2.05) is 17.5 Å². The molecule has 3 rings (SSSR count). The normalized spacial score (nSPS) is 14.5. The van der Waals surface area contributed by atoms with Gasteiger partial charge in [0.25, 0.3) is 0 Å². The van der Waals surface area contributed by atoms with E-state index in [1.54, 1.807) is 23.3 Å². The molecule has 0 radical (unpaired) electrons. The second-order valence-electron chi connectivity index (χ2n) is 6.01. The second-order valence-corrected chi connectivity index (χ2v) is 8.50. The number of amides is 1. The molecule has 0 spiro atoms. The summed E-state index contributed by atoms with van der Waals surface area (Å²) in [7, 11) is 0.618. The van der Waals surface area contributed by atoms with Gasteiger partial charge in [-0.25, -0.2) is 0 Å². The molecule has 1 aromatic heterocycles. The highest BCUT2D eigenvalue weighted by molar-refractivity contribution is 7.84. The summed E-state index contributed by atoms with van der Waals surface area (Å²) in [6.45, 7) is 0.590. The molecule has 3 nitrogen and oxygen atoms in total. The van der Waals surface area contributed by atoms with E-state index in [-0.39, 0.29) is 11.7 Å². The number of rotatable bonds is 6. The van der Waals surface area contributed by atoms with Crippen molar-refractivity contribution < 1.29 is 9.00 Å². The minimum atomic E-state index is -1.15. The molecule has 1 aromatic carbocycles. The molecule has 1 unspecified atom stereocenters. The van der Waals surface area contributed by atoms with Crippen LogP contribution in [0.5, 0.6) is 0 Å². The van der Waals surface area contributed by atoms with Gasteiger partial charge in [-0.1, -0.05) is 24.3 Å². The first-order valence-corrected chi connectivity index (χ1v) is 10.2. The lowest BCUT2D eigenvalue weighted by atomic mass is 10.1. The minimum absolute atomic E-state index is 0.0575. The van der Waals surface area contributed by atoms with E-state index in [2.05, 4.69) is 18.2 Å². The quantitative estimate of drug-likeness (QED) is 0.805. The Morgan fingerprint density at radius 1 is 1.26 bits per heavy atom. The molecule has 0 aliphatic heterocycles. The van der Waals surface area contributed by atoms with Crippen LogP contribution in [-0.2, 0) is 40.7 Å². The zero-order chi connectivity index (χ0) is 16.2. The monoisotopic (exact) mass is 347 g/mol. The molecule has 5 heteroatoms. The van der Waals surface area contributed by atoms with Gasteiger partial charge in [0.1, 0.15) is 5.75 Å². The predicted molar refractivity (Wildman–Crippen MR) is 96.0 cm³/mol. The average Bonchev–Trinajstić information content (AvgIpc) is 3.17. The number of carbonyl (C=O) groups excluding carboxylic acids is 1. The van der Waals surface area contributed by atoms with Gasteiger partial charge in [0.2, 0.25) is 5.91 Å². The van der Waals surface area contributed by atoms with Crippen LogP contribution in [0.25, 0.3) is 0 Å². The molecule has 122 valence electrons.